The molecule has 140 valence electrons. The number of carbonyl (C=O) groups excluding carboxylic acids is 1. The van der Waals surface area contributed by atoms with Gasteiger partial charge >= 0.3 is 0 Å². The van der Waals surface area contributed by atoms with Gasteiger partial charge < -0.3 is 22.1 Å². The highest BCUT2D eigenvalue weighted by Gasteiger charge is 2.23. The van der Waals surface area contributed by atoms with Crippen molar-refractivity contribution in [2.45, 2.75) is 37.8 Å². The summed E-state index contributed by atoms with van der Waals surface area (Å²) in [5.74, 6) is -0.124. The Morgan fingerprint density at radius 2 is 2.07 bits per heavy atom. The van der Waals surface area contributed by atoms with Crippen molar-refractivity contribution in [1.29, 1.82) is 0 Å². The van der Waals surface area contributed by atoms with Gasteiger partial charge in [-0.3, -0.25) is 4.79 Å². The highest BCUT2D eigenvalue weighted by Crippen LogP contribution is 2.29. The number of nitrogens with zero attached hydrogens (tertiary/aromatic N) is 4. The molecule has 6 N–H and O–H groups in total. The lowest BCUT2D eigenvalue weighted by Gasteiger charge is -2.29. The summed E-state index contributed by atoms with van der Waals surface area (Å²) in [6.07, 6.45) is 4.15. The van der Waals surface area contributed by atoms with Crippen molar-refractivity contribution in [3.63, 3.8) is 0 Å². The molecular weight excluding hydrogens is 364 g/mol. The van der Waals surface area contributed by atoms with Crippen LogP contribution in [0.4, 0.5) is 17.5 Å². The van der Waals surface area contributed by atoms with E-state index in [0.717, 1.165) is 41.6 Å². The molecule has 1 aliphatic rings. The van der Waals surface area contributed by atoms with Crippen molar-refractivity contribution in [2.24, 2.45) is 11.5 Å². The highest BCUT2D eigenvalue weighted by atomic mass is 32.1. The van der Waals surface area contributed by atoms with Crippen LogP contribution in [-0.2, 0) is 0 Å². The summed E-state index contributed by atoms with van der Waals surface area (Å²) in [5, 5.41) is 14.4. The Labute approximate surface area is 159 Å². The molecule has 0 radical (unpaired) electrons. The van der Waals surface area contributed by atoms with Crippen LogP contribution >= 0.6 is 11.3 Å². The molecular formula is C17H20N8OS. The number of anilines is 3. The molecule has 1 aromatic carbocycles. The number of carbonyl (C=O) groups is 1. The number of hydrogen-bond acceptors (Lipinski definition) is 9. The number of benzene rings is 1. The second kappa shape index (κ2) is 7.41. The van der Waals surface area contributed by atoms with E-state index in [2.05, 4.69) is 30.8 Å². The zero-order valence-corrected chi connectivity index (χ0v) is 15.4. The summed E-state index contributed by atoms with van der Waals surface area (Å²) in [4.78, 5) is 20.5. The molecule has 1 amide bonds. The van der Waals surface area contributed by atoms with Gasteiger partial charge in [-0.2, -0.15) is 4.98 Å². The molecule has 0 unspecified atom stereocenters. The Morgan fingerprint density at radius 1 is 1.22 bits per heavy atom. The lowest BCUT2D eigenvalue weighted by molar-refractivity contribution is 0.0995. The summed E-state index contributed by atoms with van der Waals surface area (Å²) in [6, 6.07) is 5.81. The summed E-state index contributed by atoms with van der Waals surface area (Å²) in [6.45, 7) is 0. The van der Waals surface area contributed by atoms with Gasteiger partial charge in [0.15, 0.2) is 11.5 Å². The third-order valence-corrected chi connectivity index (χ3v) is 5.54. The van der Waals surface area contributed by atoms with Crippen LogP contribution in [0.2, 0.25) is 0 Å². The van der Waals surface area contributed by atoms with Gasteiger partial charge in [0.2, 0.25) is 5.95 Å². The molecule has 2 aromatic heterocycles. The average Bonchev–Trinajstić information content (AvgIpc) is 3.13. The molecule has 3 aromatic rings. The number of aromatic nitrogens is 4. The van der Waals surface area contributed by atoms with E-state index in [9.17, 15) is 4.79 Å². The van der Waals surface area contributed by atoms with Gasteiger partial charge in [0, 0.05) is 12.1 Å². The van der Waals surface area contributed by atoms with E-state index in [1.807, 2.05) is 18.2 Å². The summed E-state index contributed by atoms with van der Waals surface area (Å²) < 4.78 is 0.954. The average molecular weight is 384 g/mol. The van der Waals surface area contributed by atoms with E-state index in [-0.39, 0.29) is 23.6 Å². The number of nitrogens with one attached hydrogen (secondary N) is 2. The Morgan fingerprint density at radius 3 is 2.89 bits per heavy atom. The van der Waals surface area contributed by atoms with E-state index < -0.39 is 5.91 Å². The van der Waals surface area contributed by atoms with Gasteiger partial charge in [-0.25, -0.2) is 4.98 Å². The third kappa shape index (κ3) is 3.67. The van der Waals surface area contributed by atoms with Gasteiger partial charge in [-0.05, 0) is 25.0 Å². The summed E-state index contributed by atoms with van der Waals surface area (Å²) in [5.41, 5.74) is 15.0. The maximum atomic E-state index is 11.8. The number of thiazole rings is 1. The molecule has 4 rings (SSSR count). The van der Waals surface area contributed by atoms with Crippen LogP contribution in [0.5, 0.6) is 0 Å². The summed E-state index contributed by atoms with van der Waals surface area (Å²) in [7, 11) is 0. The molecule has 27 heavy (non-hydrogen) atoms. The SMILES string of the molecule is NC(=O)c1nnc(N[C@@H]2CCCC[C@@H]2N)nc1Nc1cccc2ncsc12. The molecule has 2 atom stereocenters. The molecule has 0 bridgehead atoms. The van der Waals surface area contributed by atoms with Crippen molar-refractivity contribution in [2.75, 3.05) is 10.6 Å². The van der Waals surface area contributed by atoms with Crippen molar-refractivity contribution < 1.29 is 4.79 Å². The number of primary amides is 1. The first-order valence-electron chi connectivity index (χ1n) is 8.77. The van der Waals surface area contributed by atoms with Crippen molar-refractivity contribution in [1.82, 2.24) is 20.2 Å². The van der Waals surface area contributed by atoms with E-state index in [1.54, 1.807) is 5.51 Å². The predicted molar refractivity (Wildman–Crippen MR) is 105 cm³/mol. The third-order valence-electron chi connectivity index (χ3n) is 4.66. The van der Waals surface area contributed by atoms with E-state index in [1.165, 1.54) is 11.3 Å². The minimum absolute atomic E-state index is 0.0185. The fourth-order valence-electron chi connectivity index (χ4n) is 3.26. The lowest BCUT2D eigenvalue weighted by atomic mass is 9.91. The second-order valence-corrected chi connectivity index (χ2v) is 7.38. The first kappa shape index (κ1) is 17.6. The van der Waals surface area contributed by atoms with Crippen LogP contribution in [0.15, 0.2) is 23.7 Å². The van der Waals surface area contributed by atoms with Crippen LogP contribution < -0.4 is 22.1 Å². The van der Waals surface area contributed by atoms with E-state index >= 15 is 0 Å². The molecule has 10 heteroatoms. The van der Waals surface area contributed by atoms with Gasteiger partial charge in [0.1, 0.15) is 0 Å². The van der Waals surface area contributed by atoms with Crippen LogP contribution in [0, 0.1) is 0 Å². The monoisotopic (exact) mass is 384 g/mol. The van der Waals surface area contributed by atoms with Gasteiger partial charge in [0.05, 0.1) is 21.4 Å². The molecule has 1 aliphatic carbocycles. The standard InChI is InChI=1S/C17H20N8OS/c18-9-4-1-2-5-10(9)22-17-23-16(13(15(19)26)24-25-17)21-12-7-3-6-11-14(12)27-8-20-11/h3,6-10H,1-2,4-5,18H2,(H2,19,26)(H2,21,22,23,25)/t9-,10+/m0/s1. The molecule has 1 saturated carbocycles. The van der Waals surface area contributed by atoms with E-state index in [0.29, 0.717) is 5.95 Å². The lowest BCUT2D eigenvalue weighted by Crippen LogP contribution is -2.43. The smallest absolute Gasteiger partial charge is 0.273 e. The van der Waals surface area contributed by atoms with Crippen molar-refractivity contribution in [3.8, 4) is 0 Å². The zero-order valence-electron chi connectivity index (χ0n) is 14.6. The van der Waals surface area contributed by atoms with Gasteiger partial charge in [0.25, 0.3) is 5.91 Å². The highest BCUT2D eigenvalue weighted by molar-refractivity contribution is 7.17. The minimum Gasteiger partial charge on any atom is -0.364 e. The number of nitrogens with two attached hydrogens (primary N) is 2. The first-order chi connectivity index (χ1) is 13.1. The Bertz CT molecular complexity index is 974. The molecule has 0 saturated heterocycles. The molecule has 2 heterocycles. The molecule has 0 spiro atoms. The Balaban J connectivity index is 1.65. The first-order valence-corrected chi connectivity index (χ1v) is 9.65. The largest absolute Gasteiger partial charge is 0.364 e. The normalized spacial score (nSPS) is 19.7. The zero-order chi connectivity index (χ0) is 18.8. The maximum absolute atomic E-state index is 11.8. The van der Waals surface area contributed by atoms with Crippen molar-refractivity contribution in [3.05, 3.63) is 29.4 Å². The van der Waals surface area contributed by atoms with E-state index in [4.69, 9.17) is 11.5 Å². The number of amides is 1. The maximum Gasteiger partial charge on any atom is 0.273 e. The fraction of sp³-hybridized carbons (Fsp3) is 0.353. The molecule has 0 aliphatic heterocycles. The minimum atomic E-state index is -0.699. The molecule has 9 nitrogen and oxygen atoms in total. The van der Waals surface area contributed by atoms with Gasteiger partial charge in [-0.15, -0.1) is 21.5 Å². The number of rotatable bonds is 5. The quantitative estimate of drug-likeness (QED) is 0.523. The number of hydrogen-bond donors (Lipinski definition) is 4. The molecule has 1 fully saturated rings. The Hall–Kier alpha value is -2.85. The van der Waals surface area contributed by atoms with Crippen molar-refractivity contribution >= 4 is 44.9 Å². The fourth-order valence-corrected chi connectivity index (χ4v) is 4.02. The number of fused-ring (bicyclic) bond motifs is 1. The van der Waals surface area contributed by atoms with Gasteiger partial charge in [-0.1, -0.05) is 18.9 Å². The second-order valence-electron chi connectivity index (χ2n) is 6.53. The van der Waals surface area contributed by atoms with Crippen LogP contribution in [0.1, 0.15) is 36.2 Å². The predicted octanol–water partition coefficient (Wildman–Crippen LogP) is 2.01. The van der Waals surface area contributed by atoms with Crippen LogP contribution in [-0.4, -0.2) is 38.2 Å². The summed E-state index contributed by atoms with van der Waals surface area (Å²) >= 11 is 1.49. The topological polar surface area (TPSA) is 145 Å². The Kier molecular flexibility index (Phi) is 4.82. The van der Waals surface area contributed by atoms with Crippen LogP contribution in [0.3, 0.4) is 0 Å². The van der Waals surface area contributed by atoms with Crippen LogP contribution in [0.25, 0.3) is 10.2 Å².